The first-order chi connectivity index (χ1) is 8.99. The normalized spacial score (nSPS) is 12.5. The monoisotopic (exact) mass is 329 g/mol. The molecule has 2 aromatic carbocycles. The molecule has 0 saturated carbocycles. The van der Waals surface area contributed by atoms with Crippen molar-refractivity contribution in [3.63, 3.8) is 0 Å². The van der Waals surface area contributed by atoms with Gasteiger partial charge in [0.1, 0.15) is 17.5 Å². The number of hydrogen-bond acceptors (Lipinski definition) is 1. The molecule has 2 aromatic rings. The molecule has 0 saturated heterocycles. The maximum Gasteiger partial charge on any atom is 0.137 e. The van der Waals surface area contributed by atoms with Gasteiger partial charge < -0.3 is 5.73 Å². The Labute approximate surface area is 117 Å². The second-order valence-electron chi connectivity index (χ2n) is 4.19. The van der Waals surface area contributed by atoms with Crippen molar-refractivity contribution in [2.45, 2.75) is 12.5 Å². The van der Waals surface area contributed by atoms with Crippen LogP contribution < -0.4 is 5.73 Å². The number of halogens is 4. The lowest BCUT2D eigenvalue weighted by atomic mass is 9.99. The zero-order valence-corrected chi connectivity index (χ0v) is 11.4. The number of rotatable bonds is 3. The molecule has 1 nitrogen and oxygen atoms in total. The summed E-state index contributed by atoms with van der Waals surface area (Å²) in [5.74, 6) is -1.62. The van der Waals surface area contributed by atoms with E-state index in [4.69, 9.17) is 5.73 Å². The van der Waals surface area contributed by atoms with Crippen molar-refractivity contribution in [2.75, 3.05) is 0 Å². The van der Waals surface area contributed by atoms with E-state index in [9.17, 15) is 13.2 Å². The third-order valence-electron chi connectivity index (χ3n) is 2.84. The summed E-state index contributed by atoms with van der Waals surface area (Å²) in [6, 6.07) is 7.35. The van der Waals surface area contributed by atoms with Crippen LogP contribution in [0.25, 0.3) is 0 Å². The van der Waals surface area contributed by atoms with Crippen LogP contribution >= 0.6 is 15.9 Å². The highest BCUT2D eigenvalue weighted by atomic mass is 79.9. The second-order valence-corrected chi connectivity index (χ2v) is 5.04. The summed E-state index contributed by atoms with van der Waals surface area (Å²) in [7, 11) is 0. The van der Waals surface area contributed by atoms with Crippen molar-refractivity contribution >= 4 is 15.9 Å². The molecule has 2 rings (SSSR count). The average molecular weight is 330 g/mol. The molecule has 0 heterocycles. The maximum atomic E-state index is 13.7. The highest BCUT2D eigenvalue weighted by Gasteiger charge is 2.16. The summed E-state index contributed by atoms with van der Waals surface area (Å²) < 4.78 is 40.6. The highest BCUT2D eigenvalue weighted by Crippen LogP contribution is 2.25. The van der Waals surface area contributed by atoms with E-state index in [1.54, 1.807) is 18.2 Å². The summed E-state index contributed by atoms with van der Waals surface area (Å²) in [4.78, 5) is 0. The summed E-state index contributed by atoms with van der Waals surface area (Å²) in [6.45, 7) is 0. The maximum absolute atomic E-state index is 13.7. The van der Waals surface area contributed by atoms with Crippen molar-refractivity contribution in [2.24, 2.45) is 5.73 Å². The van der Waals surface area contributed by atoms with Gasteiger partial charge >= 0.3 is 0 Å². The molecule has 0 bridgehead atoms. The van der Waals surface area contributed by atoms with Gasteiger partial charge in [0.25, 0.3) is 0 Å². The molecule has 1 atom stereocenters. The molecule has 0 aliphatic rings. The summed E-state index contributed by atoms with van der Waals surface area (Å²) in [5, 5.41) is 0. The zero-order chi connectivity index (χ0) is 14.0. The van der Waals surface area contributed by atoms with Gasteiger partial charge in [0.2, 0.25) is 0 Å². The van der Waals surface area contributed by atoms with Gasteiger partial charge in [-0.2, -0.15) is 0 Å². The Kier molecular flexibility index (Phi) is 4.27. The number of benzene rings is 2. The first-order valence-corrected chi connectivity index (χ1v) is 6.41. The molecule has 0 fully saturated rings. The Morgan fingerprint density at radius 1 is 1.00 bits per heavy atom. The van der Waals surface area contributed by atoms with Gasteiger partial charge in [0.15, 0.2) is 0 Å². The van der Waals surface area contributed by atoms with E-state index in [2.05, 4.69) is 15.9 Å². The molecule has 0 spiro atoms. The Hall–Kier alpha value is -1.33. The first-order valence-electron chi connectivity index (χ1n) is 5.62. The van der Waals surface area contributed by atoms with Crippen LogP contribution in [-0.2, 0) is 6.42 Å². The van der Waals surface area contributed by atoms with Crippen LogP contribution in [0, 0.1) is 17.5 Å². The molecule has 5 heteroatoms. The minimum atomic E-state index is -0.806. The van der Waals surface area contributed by atoms with Crippen LogP contribution in [0.3, 0.4) is 0 Å². The first kappa shape index (κ1) is 14.1. The van der Waals surface area contributed by atoms with E-state index in [1.165, 1.54) is 6.07 Å². The van der Waals surface area contributed by atoms with Gasteiger partial charge in [-0.3, -0.25) is 0 Å². The molecular formula is C14H11BrF3N. The fraction of sp³-hybridized carbons (Fsp3) is 0.143. The summed E-state index contributed by atoms with van der Waals surface area (Å²) in [6.07, 6.45) is 0.102. The van der Waals surface area contributed by atoms with Gasteiger partial charge in [-0.1, -0.05) is 18.2 Å². The molecule has 0 radical (unpaired) electrons. The fourth-order valence-corrected chi connectivity index (χ4v) is 2.15. The molecule has 2 N–H and O–H groups in total. The third kappa shape index (κ3) is 3.16. The number of nitrogens with two attached hydrogens (primary N) is 1. The Bertz CT molecular complexity index is 601. The Balaban J connectivity index is 2.28. The molecule has 19 heavy (non-hydrogen) atoms. The van der Waals surface area contributed by atoms with Crippen molar-refractivity contribution in [3.8, 4) is 0 Å². The van der Waals surface area contributed by atoms with E-state index in [1.807, 2.05) is 0 Å². The van der Waals surface area contributed by atoms with Crippen molar-refractivity contribution in [1.29, 1.82) is 0 Å². The molecular weight excluding hydrogens is 319 g/mol. The third-order valence-corrected chi connectivity index (χ3v) is 3.44. The van der Waals surface area contributed by atoms with E-state index >= 15 is 0 Å². The largest absolute Gasteiger partial charge is 0.324 e. The van der Waals surface area contributed by atoms with Gasteiger partial charge in [0, 0.05) is 11.6 Å². The highest BCUT2D eigenvalue weighted by molar-refractivity contribution is 9.10. The second kappa shape index (κ2) is 5.75. The summed E-state index contributed by atoms with van der Waals surface area (Å²) >= 11 is 2.89. The smallest absolute Gasteiger partial charge is 0.137 e. The topological polar surface area (TPSA) is 26.0 Å². The zero-order valence-electron chi connectivity index (χ0n) is 9.84. The molecule has 0 aliphatic carbocycles. The van der Waals surface area contributed by atoms with Gasteiger partial charge in [-0.05, 0) is 46.1 Å². The predicted molar refractivity (Wildman–Crippen MR) is 71.1 cm³/mol. The van der Waals surface area contributed by atoms with Crippen LogP contribution in [0.5, 0.6) is 0 Å². The lowest BCUT2D eigenvalue weighted by Crippen LogP contribution is -2.16. The average Bonchev–Trinajstić information content (AvgIpc) is 2.36. The lowest BCUT2D eigenvalue weighted by molar-refractivity contribution is 0.548. The fourth-order valence-electron chi connectivity index (χ4n) is 1.83. The summed E-state index contributed by atoms with van der Waals surface area (Å²) in [5.41, 5.74) is 6.23. The van der Waals surface area contributed by atoms with Crippen molar-refractivity contribution < 1.29 is 13.2 Å². The van der Waals surface area contributed by atoms with E-state index in [-0.39, 0.29) is 16.5 Å². The van der Waals surface area contributed by atoms with E-state index < -0.39 is 23.5 Å². The van der Waals surface area contributed by atoms with Crippen LogP contribution in [0.15, 0.2) is 40.9 Å². The SMILES string of the molecule is NC(Cc1ccccc1F)c1cc(F)c(Br)cc1F. The van der Waals surface area contributed by atoms with Gasteiger partial charge in [-0.15, -0.1) is 0 Å². The molecule has 0 amide bonds. The minimum Gasteiger partial charge on any atom is -0.324 e. The van der Waals surface area contributed by atoms with Crippen LogP contribution in [0.1, 0.15) is 17.2 Å². The number of hydrogen-bond donors (Lipinski definition) is 1. The van der Waals surface area contributed by atoms with E-state index in [0.29, 0.717) is 5.56 Å². The molecule has 1 unspecified atom stereocenters. The van der Waals surface area contributed by atoms with Gasteiger partial charge in [-0.25, -0.2) is 13.2 Å². The van der Waals surface area contributed by atoms with Crippen LogP contribution in [0.4, 0.5) is 13.2 Å². The lowest BCUT2D eigenvalue weighted by Gasteiger charge is -2.14. The quantitative estimate of drug-likeness (QED) is 0.842. The Morgan fingerprint density at radius 3 is 2.37 bits per heavy atom. The van der Waals surface area contributed by atoms with Crippen LogP contribution in [-0.4, -0.2) is 0 Å². The predicted octanol–water partition coefficient (Wildman–Crippen LogP) is 4.11. The standard InChI is InChI=1S/C14H11BrF3N/c15-10-7-12(17)9(6-13(10)18)14(19)5-8-3-1-2-4-11(8)16/h1-4,6-7,14H,5,19H2. The van der Waals surface area contributed by atoms with Crippen molar-refractivity contribution in [1.82, 2.24) is 0 Å². The molecule has 0 aromatic heterocycles. The van der Waals surface area contributed by atoms with Gasteiger partial charge in [0.05, 0.1) is 4.47 Å². The van der Waals surface area contributed by atoms with Crippen molar-refractivity contribution in [3.05, 3.63) is 69.4 Å². The van der Waals surface area contributed by atoms with Crippen LogP contribution in [0.2, 0.25) is 0 Å². The molecule has 100 valence electrons. The minimum absolute atomic E-state index is 0.0314. The molecule has 0 aliphatic heterocycles. The van der Waals surface area contributed by atoms with E-state index in [0.717, 1.165) is 12.1 Å². The Morgan fingerprint density at radius 2 is 1.68 bits per heavy atom.